The Kier molecular flexibility index (Phi) is 30.1. The zero-order chi connectivity index (χ0) is 2.71. The van der Waals surface area contributed by atoms with Crippen LogP contribution in [0, 0.1) is 0 Å². The fourth-order valence-corrected chi connectivity index (χ4v) is 0. The van der Waals surface area contributed by atoms with E-state index >= 15 is 0 Å². The SMILES string of the molecule is O=C=O.[273Ni]. The molecule has 0 aliphatic rings. The van der Waals surface area contributed by atoms with Crippen LogP contribution in [0.4, 0.5) is 0 Å². The van der Waals surface area contributed by atoms with E-state index in [1.54, 1.807) is 0 Å². The third-order valence-corrected chi connectivity index (χ3v) is 0. The molecule has 2 nitrogen and oxygen atoms in total. The van der Waals surface area contributed by atoms with E-state index in [1.165, 1.54) is 0 Å². The van der Waals surface area contributed by atoms with Crippen LogP contribution in [-0.4, -0.2) is 6.15 Å². The number of carbonyl (C=O) groups excluding carboxylic acids is 2. The molecular weight excluding hydrogens is 317 g/mol. The fourth-order valence-electron chi connectivity index (χ4n) is 0. The average molecular weight is 317 g/mol. The molecule has 0 aliphatic heterocycles. The van der Waals surface area contributed by atoms with Gasteiger partial charge < -0.3 is 0 Å². The minimum Gasteiger partial charge on any atom is -0.186 e. The summed E-state index contributed by atoms with van der Waals surface area (Å²) >= 11 is 0. The molecule has 0 fully saturated rings. The van der Waals surface area contributed by atoms with Crippen LogP contribution < -0.4 is 0 Å². The Bertz CT molecular complexity index is 27.0. The summed E-state index contributed by atoms with van der Waals surface area (Å²) in [7, 11) is 0. The van der Waals surface area contributed by atoms with Gasteiger partial charge >= 0.3 is 6.15 Å². The maximum Gasteiger partial charge on any atom is 0.373 e. The number of hydrogen-bond acceptors (Lipinski definition) is 2. The number of hydrogen-bond donors (Lipinski definition) is 0. The van der Waals surface area contributed by atoms with Crippen molar-refractivity contribution in [2.45, 2.75) is 0 Å². The first-order valence-electron chi connectivity index (χ1n) is 0.408. The van der Waals surface area contributed by atoms with E-state index in [0.29, 0.717) is 0 Å². The van der Waals surface area contributed by atoms with Gasteiger partial charge in [0.05, 0.1) is 0 Å². The second-order valence-corrected chi connectivity index (χ2v) is 0.0833. The summed E-state index contributed by atoms with van der Waals surface area (Å²) in [6.07, 6.45) is 0.250. The normalized spacial score (nSPS) is 2.00. The van der Waals surface area contributed by atoms with Crippen LogP contribution in [0.15, 0.2) is 0 Å². The molecule has 0 bridgehead atoms. The van der Waals surface area contributed by atoms with Crippen molar-refractivity contribution in [3.63, 3.8) is 0 Å². The van der Waals surface area contributed by atoms with Gasteiger partial charge in [-0.25, -0.2) is 0 Å². The molecule has 0 aromatic carbocycles. The molecule has 0 aromatic heterocycles. The van der Waals surface area contributed by atoms with E-state index in [9.17, 15) is 0 Å². The van der Waals surface area contributed by atoms with Gasteiger partial charge in [0, 0.05) is 16.5 Å². The molecule has 0 unspecified atom stereocenters. The molecular formula is CNiO2. The van der Waals surface area contributed by atoms with Crippen LogP contribution in [0.3, 0.4) is 0 Å². The predicted octanol–water partition coefficient (Wildman–Crippen LogP) is -0.586. The summed E-state index contributed by atoms with van der Waals surface area (Å²) in [6, 6.07) is 0. The molecule has 0 atom stereocenters. The summed E-state index contributed by atoms with van der Waals surface area (Å²) in [4.78, 5) is 16.2. The van der Waals surface area contributed by atoms with Crippen molar-refractivity contribution in [2.75, 3.05) is 0 Å². The van der Waals surface area contributed by atoms with E-state index in [1.807, 2.05) is 0 Å². The summed E-state index contributed by atoms with van der Waals surface area (Å²) in [5.41, 5.74) is 0. The molecule has 4 heavy (non-hydrogen) atoms. The first-order valence-corrected chi connectivity index (χ1v) is 0.408. The van der Waals surface area contributed by atoms with E-state index in [-0.39, 0.29) is 22.6 Å². The van der Waals surface area contributed by atoms with Gasteiger partial charge in [-0.3, -0.25) is 0 Å². The van der Waals surface area contributed by atoms with Crippen molar-refractivity contribution in [1.82, 2.24) is 0 Å². The van der Waals surface area contributed by atoms with Crippen LogP contribution in [0.5, 0.6) is 0 Å². The number of rotatable bonds is 0. The second-order valence-electron chi connectivity index (χ2n) is 0.0833. The first-order chi connectivity index (χ1) is 1.41. The fraction of sp³-hybridized carbons (Fsp3) is 0. The molecule has 0 N–H and O–H groups in total. The maximum atomic E-state index is 8.12. The van der Waals surface area contributed by atoms with Gasteiger partial charge in [-0.1, -0.05) is 0 Å². The van der Waals surface area contributed by atoms with Gasteiger partial charge in [0.2, 0.25) is 0 Å². The largest absolute Gasteiger partial charge is 0.373 e. The third kappa shape index (κ3) is 89.3. The third-order valence-electron chi connectivity index (χ3n) is 0. The van der Waals surface area contributed by atoms with Crippen molar-refractivity contribution in [1.29, 1.82) is 0 Å². The molecule has 0 aromatic rings. The van der Waals surface area contributed by atoms with Crippen LogP contribution in [0.2, 0.25) is 0 Å². The Morgan fingerprint density at radius 1 is 1.25 bits per heavy atom. The molecule has 26 valence electrons. The Labute approximate surface area is 33.1 Å². The molecule has 0 spiro atoms. The van der Waals surface area contributed by atoms with Gasteiger partial charge in [-0.05, 0) is 0 Å². The Morgan fingerprint density at radius 2 is 1.25 bits per heavy atom. The van der Waals surface area contributed by atoms with E-state index in [2.05, 4.69) is 0 Å². The minimum atomic E-state index is 0. The first kappa shape index (κ1) is 9.11. The zero-order valence-electron chi connectivity index (χ0n) is 1.63. The van der Waals surface area contributed by atoms with Gasteiger partial charge in [-0.2, -0.15) is 9.59 Å². The molecule has 0 saturated carbocycles. The van der Waals surface area contributed by atoms with Crippen molar-refractivity contribution in [2.24, 2.45) is 0 Å². The van der Waals surface area contributed by atoms with Crippen molar-refractivity contribution >= 4 is 6.15 Å². The smallest absolute Gasteiger partial charge is 0.186 e. The molecule has 0 radical (unpaired) electrons. The maximum absolute atomic E-state index is 8.12. The molecule has 0 heterocycles. The Balaban J connectivity index is 0. The summed E-state index contributed by atoms with van der Waals surface area (Å²) in [5, 5.41) is 0. The molecule has 0 saturated heterocycles. The Morgan fingerprint density at radius 3 is 1.25 bits per heavy atom. The zero-order valence-corrected chi connectivity index (χ0v) is 2.62. The van der Waals surface area contributed by atoms with Gasteiger partial charge in [0.1, 0.15) is 0 Å². The molecule has 3 heteroatoms. The van der Waals surface area contributed by atoms with Crippen LogP contribution >= 0.6 is 0 Å². The van der Waals surface area contributed by atoms with Crippen molar-refractivity contribution in [3.8, 4) is 0 Å². The van der Waals surface area contributed by atoms with Gasteiger partial charge in [-0.15, -0.1) is 0 Å². The van der Waals surface area contributed by atoms with E-state index < -0.39 is 0 Å². The topological polar surface area (TPSA) is 34.1 Å². The van der Waals surface area contributed by atoms with Crippen LogP contribution in [0.1, 0.15) is 0 Å². The van der Waals surface area contributed by atoms with E-state index in [0.717, 1.165) is 0 Å². The van der Waals surface area contributed by atoms with Crippen molar-refractivity contribution in [3.05, 3.63) is 0 Å². The van der Waals surface area contributed by atoms with Gasteiger partial charge in [0.25, 0.3) is 0 Å². The summed E-state index contributed by atoms with van der Waals surface area (Å²) < 4.78 is 0. The predicted molar refractivity (Wildman–Crippen MR) is 5.01 cm³/mol. The average Bonchev–Trinajstić information content (AvgIpc) is 0.918. The second kappa shape index (κ2) is 13.2. The monoisotopic (exact) mass is 317 g/mol. The summed E-state index contributed by atoms with van der Waals surface area (Å²) in [5.74, 6) is 0. The summed E-state index contributed by atoms with van der Waals surface area (Å²) in [6.45, 7) is 0. The quantitative estimate of drug-likeness (QED) is 0.560. The molecule has 0 rings (SSSR count). The molecule has 0 amide bonds. The molecule has 0 aliphatic carbocycles. The van der Waals surface area contributed by atoms with Crippen molar-refractivity contribution < 1.29 is 26.1 Å². The Hall–Kier alpha value is -0.126. The van der Waals surface area contributed by atoms with Crippen LogP contribution in [-0.2, 0) is 26.1 Å². The van der Waals surface area contributed by atoms with Gasteiger partial charge in [0.15, 0.2) is 0 Å². The minimum absolute atomic E-state index is 0. The van der Waals surface area contributed by atoms with Crippen LogP contribution in [0.25, 0.3) is 0 Å². The standard InChI is InChI=1S/CO2.Ni/c2-1-3;/i;1-84. The van der Waals surface area contributed by atoms with E-state index in [4.69, 9.17) is 9.59 Å².